The molecule has 6 heteroatoms. The number of carbonyl (C=O) groups excluding carboxylic acids is 2. The lowest BCUT2D eigenvalue weighted by Crippen LogP contribution is -2.28. The SMILES string of the molecule is CC(C)(C)OC(=O)Nc1cccc(C(=O)NCCc2ccccn2)c1. The monoisotopic (exact) mass is 341 g/mol. The Hall–Kier alpha value is -2.89. The third kappa shape index (κ3) is 6.63. The molecule has 0 saturated carbocycles. The zero-order valence-electron chi connectivity index (χ0n) is 14.7. The van der Waals surface area contributed by atoms with Crippen molar-refractivity contribution in [2.45, 2.75) is 32.8 Å². The third-order valence-electron chi connectivity index (χ3n) is 3.16. The van der Waals surface area contributed by atoms with Crippen LogP contribution in [0, 0.1) is 0 Å². The first-order valence-electron chi connectivity index (χ1n) is 8.12. The van der Waals surface area contributed by atoms with Crippen molar-refractivity contribution in [2.24, 2.45) is 0 Å². The number of pyridine rings is 1. The van der Waals surface area contributed by atoms with Crippen LogP contribution in [0.15, 0.2) is 48.7 Å². The summed E-state index contributed by atoms with van der Waals surface area (Å²) in [6.07, 6.45) is 1.82. The topological polar surface area (TPSA) is 80.3 Å². The zero-order chi connectivity index (χ0) is 18.3. The van der Waals surface area contributed by atoms with Crippen molar-refractivity contribution < 1.29 is 14.3 Å². The van der Waals surface area contributed by atoms with Crippen molar-refractivity contribution in [1.82, 2.24) is 10.3 Å². The number of nitrogens with one attached hydrogen (secondary N) is 2. The van der Waals surface area contributed by atoms with Crippen LogP contribution in [-0.4, -0.2) is 29.1 Å². The number of hydrogen-bond acceptors (Lipinski definition) is 4. The first kappa shape index (κ1) is 18.4. The van der Waals surface area contributed by atoms with E-state index in [9.17, 15) is 9.59 Å². The zero-order valence-corrected chi connectivity index (χ0v) is 14.7. The van der Waals surface area contributed by atoms with Crippen LogP contribution in [0.25, 0.3) is 0 Å². The van der Waals surface area contributed by atoms with Gasteiger partial charge in [0.05, 0.1) is 0 Å². The Labute approximate surface area is 147 Å². The van der Waals surface area contributed by atoms with Crippen LogP contribution >= 0.6 is 0 Å². The fourth-order valence-corrected chi connectivity index (χ4v) is 2.11. The second-order valence-electron chi connectivity index (χ2n) is 6.53. The quantitative estimate of drug-likeness (QED) is 0.873. The highest BCUT2D eigenvalue weighted by atomic mass is 16.6. The number of ether oxygens (including phenoxy) is 1. The van der Waals surface area contributed by atoms with Gasteiger partial charge < -0.3 is 10.1 Å². The molecular weight excluding hydrogens is 318 g/mol. The van der Waals surface area contributed by atoms with Crippen LogP contribution in [0.1, 0.15) is 36.8 Å². The molecule has 1 aromatic carbocycles. The molecule has 0 unspecified atom stereocenters. The van der Waals surface area contributed by atoms with E-state index in [1.165, 1.54) is 0 Å². The summed E-state index contributed by atoms with van der Waals surface area (Å²) in [5, 5.41) is 5.47. The lowest BCUT2D eigenvalue weighted by molar-refractivity contribution is 0.0635. The lowest BCUT2D eigenvalue weighted by Gasteiger charge is -2.19. The summed E-state index contributed by atoms with van der Waals surface area (Å²) in [7, 11) is 0. The molecule has 0 bridgehead atoms. The predicted molar refractivity (Wildman–Crippen MR) is 96.6 cm³/mol. The van der Waals surface area contributed by atoms with Gasteiger partial charge >= 0.3 is 6.09 Å². The summed E-state index contributed by atoms with van der Waals surface area (Å²) >= 11 is 0. The van der Waals surface area contributed by atoms with Gasteiger partial charge in [0.2, 0.25) is 0 Å². The van der Waals surface area contributed by atoms with Crippen molar-refractivity contribution in [3.63, 3.8) is 0 Å². The van der Waals surface area contributed by atoms with Crippen LogP contribution in [-0.2, 0) is 11.2 Å². The van der Waals surface area contributed by atoms with E-state index < -0.39 is 11.7 Å². The molecule has 25 heavy (non-hydrogen) atoms. The average molecular weight is 341 g/mol. The molecule has 0 radical (unpaired) electrons. The van der Waals surface area contributed by atoms with E-state index >= 15 is 0 Å². The van der Waals surface area contributed by atoms with E-state index in [0.717, 1.165) is 5.69 Å². The molecule has 0 atom stereocenters. The number of nitrogens with zero attached hydrogens (tertiary/aromatic N) is 1. The molecule has 2 amide bonds. The maximum Gasteiger partial charge on any atom is 0.412 e. The molecule has 2 aromatic rings. The van der Waals surface area contributed by atoms with Gasteiger partial charge in [0.25, 0.3) is 5.91 Å². The average Bonchev–Trinajstić information content (AvgIpc) is 2.54. The largest absolute Gasteiger partial charge is 0.444 e. The van der Waals surface area contributed by atoms with Crippen LogP contribution in [0.3, 0.4) is 0 Å². The van der Waals surface area contributed by atoms with Gasteiger partial charge in [0, 0.05) is 36.1 Å². The molecule has 0 fully saturated rings. The minimum atomic E-state index is -0.579. The van der Waals surface area contributed by atoms with Gasteiger partial charge in [0.15, 0.2) is 0 Å². The van der Waals surface area contributed by atoms with Crippen molar-refractivity contribution in [3.8, 4) is 0 Å². The van der Waals surface area contributed by atoms with E-state index in [1.54, 1.807) is 51.2 Å². The van der Waals surface area contributed by atoms with Crippen LogP contribution in [0.4, 0.5) is 10.5 Å². The summed E-state index contributed by atoms with van der Waals surface area (Å²) in [6.45, 7) is 5.85. The molecule has 1 heterocycles. The smallest absolute Gasteiger partial charge is 0.412 e. The van der Waals surface area contributed by atoms with Crippen molar-refractivity contribution in [2.75, 3.05) is 11.9 Å². The summed E-state index contributed by atoms with van der Waals surface area (Å²) in [4.78, 5) is 28.2. The molecule has 1 aromatic heterocycles. The number of carbonyl (C=O) groups is 2. The minimum absolute atomic E-state index is 0.205. The summed E-state index contributed by atoms with van der Waals surface area (Å²) in [5.74, 6) is -0.205. The second kappa shape index (κ2) is 8.28. The fraction of sp³-hybridized carbons (Fsp3) is 0.316. The fourth-order valence-electron chi connectivity index (χ4n) is 2.11. The maximum absolute atomic E-state index is 12.2. The third-order valence-corrected chi connectivity index (χ3v) is 3.16. The normalized spacial score (nSPS) is 10.8. The van der Waals surface area contributed by atoms with E-state index in [0.29, 0.717) is 24.2 Å². The number of hydrogen-bond donors (Lipinski definition) is 2. The first-order valence-corrected chi connectivity index (χ1v) is 8.12. The van der Waals surface area contributed by atoms with Gasteiger partial charge in [-0.2, -0.15) is 0 Å². The van der Waals surface area contributed by atoms with Gasteiger partial charge in [-0.3, -0.25) is 15.1 Å². The second-order valence-corrected chi connectivity index (χ2v) is 6.53. The highest BCUT2D eigenvalue weighted by Gasteiger charge is 2.16. The highest BCUT2D eigenvalue weighted by Crippen LogP contribution is 2.13. The van der Waals surface area contributed by atoms with Crippen LogP contribution in [0.5, 0.6) is 0 Å². The molecule has 2 N–H and O–H groups in total. The number of aromatic nitrogens is 1. The van der Waals surface area contributed by atoms with E-state index in [1.807, 2.05) is 18.2 Å². The Balaban J connectivity index is 1.89. The van der Waals surface area contributed by atoms with E-state index in [2.05, 4.69) is 15.6 Å². The maximum atomic E-state index is 12.2. The van der Waals surface area contributed by atoms with Crippen LogP contribution in [0.2, 0.25) is 0 Å². The van der Waals surface area contributed by atoms with Gasteiger partial charge in [-0.25, -0.2) is 4.79 Å². The van der Waals surface area contributed by atoms with Gasteiger partial charge in [-0.05, 0) is 51.1 Å². The molecule has 0 spiro atoms. The molecule has 2 rings (SSSR count). The van der Waals surface area contributed by atoms with E-state index in [-0.39, 0.29) is 5.91 Å². The summed E-state index contributed by atoms with van der Waals surface area (Å²) < 4.78 is 5.20. The molecule has 0 aliphatic heterocycles. The molecule has 0 aliphatic carbocycles. The molecule has 0 saturated heterocycles. The number of anilines is 1. The summed E-state index contributed by atoms with van der Waals surface area (Å²) in [5.41, 5.74) is 1.31. The Morgan fingerprint density at radius 1 is 1.12 bits per heavy atom. The Morgan fingerprint density at radius 3 is 2.60 bits per heavy atom. The molecular formula is C19H23N3O3. The van der Waals surface area contributed by atoms with Crippen molar-refractivity contribution in [1.29, 1.82) is 0 Å². The summed E-state index contributed by atoms with van der Waals surface area (Å²) in [6, 6.07) is 12.4. The van der Waals surface area contributed by atoms with Gasteiger partial charge in [-0.15, -0.1) is 0 Å². The Morgan fingerprint density at radius 2 is 1.92 bits per heavy atom. The molecule has 6 nitrogen and oxygen atoms in total. The molecule has 132 valence electrons. The number of amides is 2. The van der Waals surface area contributed by atoms with Crippen molar-refractivity contribution >= 4 is 17.7 Å². The Kier molecular flexibility index (Phi) is 6.11. The van der Waals surface area contributed by atoms with Crippen molar-refractivity contribution in [3.05, 3.63) is 59.9 Å². The lowest BCUT2D eigenvalue weighted by atomic mass is 10.2. The minimum Gasteiger partial charge on any atom is -0.444 e. The van der Waals surface area contributed by atoms with Gasteiger partial charge in [-0.1, -0.05) is 12.1 Å². The number of rotatable bonds is 5. The highest BCUT2D eigenvalue weighted by molar-refractivity contribution is 5.96. The first-order chi connectivity index (χ1) is 11.8. The van der Waals surface area contributed by atoms with Crippen LogP contribution < -0.4 is 10.6 Å². The Bertz CT molecular complexity index is 724. The van der Waals surface area contributed by atoms with Gasteiger partial charge in [0.1, 0.15) is 5.60 Å². The van der Waals surface area contributed by atoms with E-state index in [4.69, 9.17) is 4.74 Å². The standard InChI is InChI=1S/C19H23N3O3/c1-19(2,3)25-18(24)22-16-9-6-7-14(13-16)17(23)21-12-10-15-8-4-5-11-20-15/h4-9,11,13H,10,12H2,1-3H3,(H,21,23)(H,22,24). The number of benzene rings is 1. The molecule has 0 aliphatic rings. The predicted octanol–water partition coefficient (Wildman–Crippen LogP) is 3.40.